The highest BCUT2D eigenvalue weighted by atomic mass is 32.1. The van der Waals surface area contributed by atoms with Gasteiger partial charge in [-0.05, 0) is 35.8 Å². The zero-order valence-corrected chi connectivity index (χ0v) is 12.8. The molecule has 0 amide bonds. The van der Waals surface area contributed by atoms with Crippen molar-refractivity contribution >= 4 is 12.6 Å². The molecule has 0 fully saturated rings. The number of thiol groups is 1. The molecule has 0 atom stereocenters. The molecule has 1 rings (SSSR count). The number of rotatable bonds is 6. The van der Waals surface area contributed by atoms with Crippen molar-refractivity contribution in [3.8, 4) is 5.75 Å². The van der Waals surface area contributed by atoms with Gasteiger partial charge < -0.3 is 10.1 Å². The Morgan fingerprint density at radius 3 is 2.56 bits per heavy atom. The first-order chi connectivity index (χ1) is 8.49. The Hall–Kier alpha value is -0.670. The summed E-state index contributed by atoms with van der Waals surface area (Å²) in [5.41, 5.74) is 2.74. The lowest BCUT2D eigenvalue weighted by atomic mass is 9.86. The van der Waals surface area contributed by atoms with E-state index >= 15 is 0 Å². The van der Waals surface area contributed by atoms with Crippen molar-refractivity contribution in [3.63, 3.8) is 0 Å². The number of nitrogens with one attached hydrogen (secondary N) is 1. The Balaban J connectivity index is 2.79. The van der Waals surface area contributed by atoms with E-state index in [0.717, 1.165) is 31.0 Å². The quantitative estimate of drug-likeness (QED) is 0.609. The van der Waals surface area contributed by atoms with E-state index in [4.69, 9.17) is 4.74 Å². The molecule has 2 nitrogen and oxygen atoms in total. The van der Waals surface area contributed by atoms with Gasteiger partial charge in [0.25, 0.3) is 0 Å². The molecule has 0 saturated carbocycles. The summed E-state index contributed by atoms with van der Waals surface area (Å²) >= 11 is 4.21. The highest BCUT2D eigenvalue weighted by Gasteiger charge is 2.15. The average molecular weight is 267 g/mol. The number of hydrogen-bond donors (Lipinski definition) is 2. The van der Waals surface area contributed by atoms with Gasteiger partial charge in [-0.2, -0.15) is 12.6 Å². The number of benzene rings is 1. The van der Waals surface area contributed by atoms with Gasteiger partial charge in [-0.25, -0.2) is 0 Å². The average Bonchev–Trinajstić information content (AvgIpc) is 2.33. The highest BCUT2D eigenvalue weighted by molar-refractivity contribution is 7.80. The van der Waals surface area contributed by atoms with E-state index in [0.29, 0.717) is 0 Å². The molecule has 0 heterocycles. The molecule has 0 aliphatic carbocycles. The van der Waals surface area contributed by atoms with E-state index in [1.165, 1.54) is 11.1 Å². The van der Waals surface area contributed by atoms with Crippen molar-refractivity contribution in [2.24, 2.45) is 0 Å². The third kappa shape index (κ3) is 4.54. The molecule has 1 aromatic rings. The normalized spacial score (nSPS) is 11.6. The van der Waals surface area contributed by atoms with Crippen LogP contribution in [0.1, 0.15) is 38.3 Å². The van der Waals surface area contributed by atoms with Gasteiger partial charge in [0.05, 0.1) is 7.11 Å². The Bertz CT molecular complexity index is 371. The summed E-state index contributed by atoms with van der Waals surface area (Å²) in [4.78, 5) is 0. The first-order valence-corrected chi connectivity index (χ1v) is 7.11. The van der Waals surface area contributed by atoms with Crippen molar-refractivity contribution in [1.29, 1.82) is 0 Å². The topological polar surface area (TPSA) is 21.3 Å². The first kappa shape index (κ1) is 15.4. The Labute approximate surface area is 117 Å². The zero-order chi connectivity index (χ0) is 13.6. The highest BCUT2D eigenvalue weighted by Crippen LogP contribution is 2.27. The van der Waals surface area contributed by atoms with Gasteiger partial charge >= 0.3 is 0 Å². The van der Waals surface area contributed by atoms with Crippen molar-refractivity contribution in [2.45, 2.75) is 39.2 Å². The molecule has 0 radical (unpaired) electrons. The van der Waals surface area contributed by atoms with Gasteiger partial charge in [-0.3, -0.25) is 0 Å². The molecule has 0 bridgehead atoms. The van der Waals surface area contributed by atoms with Crippen LogP contribution < -0.4 is 10.1 Å². The molecule has 3 heteroatoms. The first-order valence-electron chi connectivity index (χ1n) is 6.48. The van der Waals surface area contributed by atoms with Crippen LogP contribution >= 0.6 is 12.6 Å². The maximum Gasteiger partial charge on any atom is 0.123 e. The Morgan fingerprint density at radius 1 is 1.28 bits per heavy atom. The van der Waals surface area contributed by atoms with E-state index in [1.807, 2.05) is 0 Å². The Morgan fingerprint density at radius 2 is 2.00 bits per heavy atom. The molecule has 0 aliphatic rings. The minimum absolute atomic E-state index is 0.173. The van der Waals surface area contributed by atoms with E-state index < -0.39 is 0 Å². The fourth-order valence-corrected chi connectivity index (χ4v) is 1.97. The molecule has 0 aromatic heterocycles. The Kier molecular flexibility index (Phi) is 6.03. The molecule has 0 spiro atoms. The minimum atomic E-state index is 0.173. The lowest BCUT2D eigenvalue weighted by Gasteiger charge is -2.21. The fraction of sp³-hybridized carbons (Fsp3) is 0.600. The van der Waals surface area contributed by atoms with Gasteiger partial charge in [0.1, 0.15) is 5.75 Å². The van der Waals surface area contributed by atoms with Crippen LogP contribution in [0, 0.1) is 0 Å². The second kappa shape index (κ2) is 7.05. The summed E-state index contributed by atoms with van der Waals surface area (Å²) in [7, 11) is 1.73. The second-order valence-electron chi connectivity index (χ2n) is 5.53. The fourth-order valence-electron chi connectivity index (χ4n) is 1.81. The summed E-state index contributed by atoms with van der Waals surface area (Å²) in [6.45, 7) is 8.53. The molecule has 0 aliphatic heterocycles. The summed E-state index contributed by atoms with van der Waals surface area (Å²) < 4.78 is 5.41. The predicted octanol–water partition coefficient (Wildman–Crippen LogP) is 3.40. The van der Waals surface area contributed by atoms with Gasteiger partial charge in [0.2, 0.25) is 0 Å². The van der Waals surface area contributed by atoms with E-state index in [2.05, 4.69) is 56.9 Å². The molecular weight excluding hydrogens is 242 g/mol. The summed E-state index contributed by atoms with van der Waals surface area (Å²) in [5, 5.41) is 3.43. The lowest BCUT2D eigenvalue weighted by molar-refractivity contribution is 0.407. The van der Waals surface area contributed by atoms with Gasteiger partial charge in [-0.15, -0.1) is 0 Å². The predicted molar refractivity (Wildman–Crippen MR) is 81.9 cm³/mol. The second-order valence-corrected chi connectivity index (χ2v) is 5.98. The molecule has 1 aromatic carbocycles. The zero-order valence-electron chi connectivity index (χ0n) is 11.9. The van der Waals surface area contributed by atoms with Crippen LogP contribution in [0.3, 0.4) is 0 Å². The van der Waals surface area contributed by atoms with Gasteiger partial charge in [0, 0.05) is 12.1 Å². The largest absolute Gasteiger partial charge is 0.496 e. The summed E-state index contributed by atoms with van der Waals surface area (Å²) in [5.74, 6) is 1.88. The monoisotopic (exact) mass is 267 g/mol. The third-order valence-electron chi connectivity index (χ3n) is 2.97. The molecule has 102 valence electrons. The van der Waals surface area contributed by atoms with Crippen LogP contribution in [0.25, 0.3) is 0 Å². The van der Waals surface area contributed by atoms with Gasteiger partial charge in [0.15, 0.2) is 0 Å². The number of ether oxygens (including phenoxy) is 1. The molecule has 1 N–H and O–H groups in total. The SMILES string of the molecule is COc1ccc(C(C)(C)C)cc1CNCCCS. The van der Waals surface area contributed by atoms with Crippen molar-refractivity contribution in [1.82, 2.24) is 5.32 Å². The number of hydrogen-bond acceptors (Lipinski definition) is 3. The van der Waals surface area contributed by atoms with Crippen molar-refractivity contribution < 1.29 is 4.74 Å². The summed E-state index contributed by atoms with van der Waals surface area (Å²) in [6, 6.07) is 6.46. The molecule has 0 unspecified atom stereocenters. The standard InChI is InChI=1S/C15H25NOS/c1-15(2,3)13-6-7-14(17-4)12(10-13)11-16-8-5-9-18/h6-7,10,16,18H,5,8-9,11H2,1-4H3. The number of methoxy groups -OCH3 is 1. The molecule has 0 saturated heterocycles. The van der Waals surface area contributed by atoms with E-state index in [1.54, 1.807) is 7.11 Å². The van der Waals surface area contributed by atoms with Crippen molar-refractivity contribution in [2.75, 3.05) is 19.4 Å². The van der Waals surface area contributed by atoms with Crippen LogP contribution in [0.15, 0.2) is 18.2 Å². The smallest absolute Gasteiger partial charge is 0.123 e. The lowest BCUT2D eigenvalue weighted by Crippen LogP contribution is -2.17. The maximum absolute atomic E-state index is 5.41. The van der Waals surface area contributed by atoms with Crippen LogP contribution in [-0.2, 0) is 12.0 Å². The van der Waals surface area contributed by atoms with Crippen molar-refractivity contribution in [3.05, 3.63) is 29.3 Å². The minimum Gasteiger partial charge on any atom is -0.496 e. The van der Waals surface area contributed by atoms with Crippen LogP contribution in [0.4, 0.5) is 0 Å². The third-order valence-corrected chi connectivity index (χ3v) is 3.29. The van der Waals surface area contributed by atoms with Crippen LogP contribution in [0.2, 0.25) is 0 Å². The molecule has 18 heavy (non-hydrogen) atoms. The van der Waals surface area contributed by atoms with Gasteiger partial charge in [-0.1, -0.05) is 32.9 Å². The maximum atomic E-state index is 5.41. The van der Waals surface area contributed by atoms with E-state index in [-0.39, 0.29) is 5.41 Å². The van der Waals surface area contributed by atoms with E-state index in [9.17, 15) is 0 Å². The molecular formula is C15H25NOS. The van der Waals surface area contributed by atoms with Crippen LogP contribution in [0.5, 0.6) is 5.75 Å². The van der Waals surface area contributed by atoms with Crippen LogP contribution in [-0.4, -0.2) is 19.4 Å². The summed E-state index contributed by atoms with van der Waals surface area (Å²) in [6.07, 6.45) is 1.09.